The van der Waals surface area contributed by atoms with Crippen molar-refractivity contribution in [1.29, 1.82) is 0 Å². The van der Waals surface area contributed by atoms with Crippen LogP contribution < -0.4 is 0 Å². The van der Waals surface area contributed by atoms with Crippen LogP contribution in [0.2, 0.25) is 0 Å². The molecule has 3 rings (SSSR count). The average Bonchev–Trinajstić information content (AvgIpc) is 2.93. The first kappa shape index (κ1) is 19.0. The molecule has 1 aliphatic rings. The topological polar surface area (TPSA) is 40.6 Å². The van der Waals surface area contributed by atoms with Crippen LogP contribution in [0.25, 0.3) is 0 Å². The number of hydrogen-bond acceptors (Lipinski definition) is 2. The fraction of sp³-hybridized carbons (Fsp3) is 0.333. The maximum absolute atomic E-state index is 13.9. The fourth-order valence-corrected chi connectivity index (χ4v) is 3.24. The van der Waals surface area contributed by atoms with E-state index in [0.29, 0.717) is 45.4 Å². The molecule has 6 heteroatoms. The molecule has 1 saturated heterocycles. The number of benzene rings is 2. The molecule has 2 aromatic carbocycles. The zero-order valence-electron chi connectivity index (χ0n) is 15.0. The molecule has 2 amide bonds. The monoisotopic (exact) mass is 372 g/mol. The van der Waals surface area contributed by atoms with Crippen LogP contribution in [-0.2, 0) is 11.2 Å². The van der Waals surface area contributed by atoms with Gasteiger partial charge in [0.25, 0.3) is 5.91 Å². The van der Waals surface area contributed by atoms with E-state index in [9.17, 15) is 18.4 Å². The Morgan fingerprint density at radius 1 is 0.852 bits per heavy atom. The van der Waals surface area contributed by atoms with Crippen LogP contribution in [0.5, 0.6) is 0 Å². The summed E-state index contributed by atoms with van der Waals surface area (Å²) >= 11 is 0. The molecule has 0 unspecified atom stereocenters. The molecular formula is C21H22F2N2O2. The van der Waals surface area contributed by atoms with Gasteiger partial charge in [-0.15, -0.1) is 0 Å². The number of carbonyl (C=O) groups excluding carboxylic acids is 2. The van der Waals surface area contributed by atoms with Crippen LogP contribution in [0.15, 0.2) is 48.5 Å². The number of aryl methyl sites for hydroxylation is 1. The highest BCUT2D eigenvalue weighted by molar-refractivity contribution is 5.94. The van der Waals surface area contributed by atoms with Gasteiger partial charge in [-0.05, 0) is 42.7 Å². The molecule has 0 aliphatic carbocycles. The molecule has 4 nitrogen and oxygen atoms in total. The lowest BCUT2D eigenvalue weighted by Gasteiger charge is -2.22. The maximum Gasteiger partial charge on any atom is 0.256 e. The lowest BCUT2D eigenvalue weighted by atomic mass is 10.1. The van der Waals surface area contributed by atoms with Crippen LogP contribution >= 0.6 is 0 Å². The standard InChI is InChI=1S/C21H22F2N2O2/c22-17-9-6-16(7-10-17)8-11-20(26)24-12-3-13-25(15-14-24)21(27)18-4-1-2-5-19(18)23/h1-2,4-7,9-10H,3,8,11-15H2. The van der Waals surface area contributed by atoms with Gasteiger partial charge in [-0.2, -0.15) is 0 Å². The number of rotatable bonds is 4. The van der Waals surface area contributed by atoms with E-state index in [1.165, 1.54) is 24.3 Å². The molecule has 0 radical (unpaired) electrons. The molecule has 0 bridgehead atoms. The molecular weight excluding hydrogens is 350 g/mol. The lowest BCUT2D eigenvalue weighted by molar-refractivity contribution is -0.131. The van der Waals surface area contributed by atoms with Crippen molar-refractivity contribution < 1.29 is 18.4 Å². The van der Waals surface area contributed by atoms with Crippen molar-refractivity contribution in [2.75, 3.05) is 26.2 Å². The summed E-state index contributed by atoms with van der Waals surface area (Å²) in [6.07, 6.45) is 1.54. The van der Waals surface area contributed by atoms with Gasteiger partial charge in [0.05, 0.1) is 5.56 Å². The minimum absolute atomic E-state index is 0.0134. The van der Waals surface area contributed by atoms with E-state index >= 15 is 0 Å². The Balaban J connectivity index is 1.54. The quantitative estimate of drug-likeness (QED) is 0.827. The van der Waals surface area contributed by atoms with Crippen molar-refractivity contribution in [3.8, 4) is 0 Å². The Kier molecular flexibility index (Phi) is 6.16. The summed E-state index contributed by atoms with van der Waals surface area (Å²) in [6.45, 7) is 1.89. The van der Waals surface area contributed by atoms with E-state index < -0.39 is 5.82 Å². The molecule has 142 valence electrons. The normalized spacial score (nSPS) is 14.7. The molecule has 1 aliphatic heterocycles. The molecule has 1 fully saturated rings. The minimum Gasteiger partial charge on any atom is -0.341 e. The molecule has 27 heavy (non-hydrogen) atoms. The van der Waals surface area contributed by atoms with Crippen molar-refractivity contribution in [3.63, 3.8) is 0 Å². The maximum atomic E-state index is 13.9. The number of amides is 2. The Labute approximate surface area is 157 Å². The van der Waals surface area contributed by atoms with Gasteiger partial charge < -0.3 is 9.80 Å². The zero-order chi connectivity index (χ0) is 19.2. The van der Waals surface area contributed by atoms with Crippen LogP contribution in [0.3, 0.4) is 0 Å². The molecule has 0 saturated carbocycles. The van der Waals surface area contributed by atoms with E-state index in [2.05, 4.69) is 0 Å². The zero-order valence-corrected chi connectivity index (χ0v) is 15.0. The van der Waals surface area contributed by atoms with Gasteiger partial charge in [-0.1, -0.05) is 24.3 Å². The van der Waals surface area contributed by atoms with Gasteiger partial charge in [0.2, 0.25) is 5.91 Å². The van der Waals surface area contributed by atoms with Crippen LogP contribution in [0.4, 0.5) is 8.78 Å². The van der Waals surface area contributed by atoms with Crippen LogP contribution in [0, 0.1) is 11.6 Å². The Morgan fingerprint density at radius 3 is 2.26 bits per heavy atom. The van der Waals surface area contributed by atoms with Crippen LogP contribution in [-0.4, -0.2) is 47.8 Å². The van der Waals surface area contributed by atoms with E-state index in [-0.39, 0.29) is 23.2 Å². The van der Waals surface area contributed by atoms with Crippen molar-refractivity contribution >= 4 is 11.8 Å². The first-order valence-electron chi connectivity index (χ1n) is 9.10. The predicted molar refractivity (Wildman–Crippen MR) is 98.2 cm³/mol. The Bertz CT molecular complexity index is 808. The highest BCUT2D eigenvalue weighted by Crippen LogP contribution is 2.14. The van der Waals surface area contributed by atoms with Gasteiger partial charge >= 0.3 is 0 Å². The summed E-state index contributed by atoms with van der Waals surface area (Å²) in [5.41, 5.74) is 0.976. The van der Waals surface area contributed by atoms with Crippen molar-refractivity contribution in [3.05, 3.63) is 71.3 Å². The Morgan fingerprint density at radius 2 is 1.52 bits per heavy atom. The molecule has 0 N–H and O–H groups in total. The lowest BCUT2D eigenvalue weighted by Crippen LogP contribution is -2.37. The van der Waals surface area contributed by atoms with Crippen molar-refractivity contribution in [2.45, 2.75) is 19.3 Å². The van der Waals surface area contributed by atoms with Gasteiger partial charge in [0.1, 0.15) is 11.6 Å². The Hall–Kier alpha value is -2.76. The predicted octanol–water partition coefficient (Wildman–Crippen LogP) is 3.27. The van der Waals surface area contributed by atoms with E-state index in [0.717, 1.165) is 5.56 Å². The van der Waals surface area contributed by atoms with Gasteiger partial charge in [-0.3, -0.25) is 9.59 Å². The highest BCUT2D eigenvalue weighted by Gasteiger charge is 2.24. The number of nitrogens with zero attached hydrogens (tertiary/aromatic N) is 2. The summed E-state index contributed by atoms with van der Waals surface area (Å²) in [4.78, 5) is 28.4. The van der Waals surface area contributed by atoms with Crippen molar-refractivity contribution in [2.24, 2.45) is 0 Å². The number of hydrogen-bond donors (Lipinski definition) is 0. The summed E-state index contributed by atoms with van der Waals surface area (Å²) in [6, 6.07) is 12.1. The minimum atomic E-state index is -0.529. The second-order valence-electron chi connectivity index (χ2n) is 6.63. The fourth-order valence-electron chi connectivity index (χ4n) is 3.24. The van der Waals surface area contributed by atoms with Gasteiger partial charge in [0, 0.05) is 32.6 Å². The molecule has 0 spiro atoms. The molecule has 2 aromatic rings. The average molecular weight is 372 g/mol. The second kappa shape index (κ2) is 8.75. The van der Waals surface area contributed by atoms with E-state index in [1.54, 1.807) is 34.1 Å². The second-order valence-corrected chi connectivity index (χ2v) is 6.63. The summed E-state index contributed by atoms with van der Waals surface area (Å²) in [5, 5.41) is 0. The smallest absolute Gasteiger partial charge is 0.256 e. The summed E-state index contributed by atoms with van der Waals surface area (Å²) < 4.78 is 26.8. The number of halogens is 2. The van der Waals surface area contributed by atoms with Crippen LogP contribution in [0.1, 0.15) is 28.8 Å². The third kappa shape index (κ3) is 4.90. The molecule has 0 atom stereocenters. The third-order valence-electron chi connectivity index (χ3n) is 4.78. The molecule has 0 aromatic heterocycles. The first-order chi connectivity index (χ1) is 13.0. The largest absolute Gasteiger partial charge is 0.341 e. The summed E-state index contributed by atoms with van der Waals surface area (Å²) in [5.74, 6) is -1.15. The SMILES string of the molecule is O=C(CCc1ccc(F)cc1)N1CCCN(C(=O)c2ccccc2F)CC1. The number of carbonyl (C=O) groups is 2. The third-order valence-corrected chi connectivity index (χ3v) is 4.78. The first-order valence-corrected chi connectivity index (χ1v) is 9.10. The summed E-state index contributed by atoms with van der Waals surface area (Å²) in [7, 11) is 0. The van der Waals surface area contributed by atoms with E-state index in [4.69, 9.17) is 0 Å². The van der Waals surface area contributed by atoms with Crippen molar-refractivity contribution in [1.82, 2.24) is 9.80 Å². The van der Waals surface area contributed by atoms with E-state index in [1.807, 2.05) is 0 Å². The van der Waals surface area contributed by atoms with Gasteiger partial charge in [0.15, 0.2) is 0 Å². The molecule has 1 heterocycles. The van der Waals surface area contributed by atoms with Gasteiger partial charge in [-0.25, -0.2) is 8.78 Å². The highest BCUT2D eigenvalue weighted by atomic mass is 19.1.